The summed E-state index contributed by atoms with van der Waals surface area (Å²) in [6, 6.07) is 4.69. The first-order chi connectivity index (χ1) is 18.6. The van der Waals surface area contributed by atoms with E-state index in [4.69, 9.17) is 14.5 Å². The molecule has 2 aliphatic carbocycles. The van der Waals surface area contributed by atoms with Crippen LogP contribution in [-0.2, 0) is 28.5 Å². The molecule has 2 aromatic rings. The molecular weight excluding hydrogens is 535 g/mol. The van der Waals surface area contributed by atoms with Crippen LogP contribution in [0, 0.1) is 5.82 Å². The van der Waals surface area contributed by atoms with E-state index in [1.54, 1.807) is 6.07 Å². The number of nitrogens with zero attached hydrogens (tertiary/aromatic N) is 3. The second-order valence-corrected chi connectivity index (χ2v) is 11.8. The number of aromatic nitrogens is 1. The van der Waals surface area contributed by atoms with E-state index in [1.807, 2.05) is 0 Å². The van der Waals surface area contributed by atoms with Crippen molar-refractivity contribution in [3.05, 3.63) is 35.1 Å². The molecule has 2 heterocycles. The highest BCUT2D eigenvalue weighted by atomic mass is 31.2. The standard InChI is InChI=1S/C26H36F2N3O7P/c27-17-6-7-23(37-18-4-1-2-5-18)22(14-17)30-12-10-29(11-13-30)8-3-9-31-25(32)19-15-21(28)24(38-39(34,35)36)16-20(19)26(31)33/h6-7,14,18,21,24,32-33H,1-5,8-13,15-16H2,(H2,34,35,36). The number of phosphoric acid groups is 1. The second-order valence-electron chi connectivity index (χ2n) is 10.6. The number of alkyl halides is 1. The average Bonchev–Trinajstić information content (AvgIpc) is 3.48. The summed E-state index contributed by atoms with van der Waals surface area (Å²) in [4.78, 5) is 22.5. The van der Waals surface area contributed by atoms with Gasteiger partial charge in [-0.1, -0.05) is 0 Å². The molecule has 4 N–H and O–H groups in total. The van der Waals surface area contributed by atoms with Gasteiger partial charge in [0.2, 0.25) is 0 Å². The fourth-order valence-electron chi connectivity index (χ4n) is 5.96. The Morgan fingerprint density at radius 1 is 0.974 bits per heavy atom. The van der Waals surface area contributed by atoms with Crippen LogP contribution in [-0.4, -0.2) is 80.6 Å². The Labute approximate surface area is 226 Å². The average molecular weight is 572 g/mol. The molecule has 1 saturated carbocycles. The molecule has 5 rings (SSSR count). The molecule has 1 aromatic heterocycles. The van der Waals surface area contributed by atoms with Gasteiger partial charge in [-0.2, -0.15) is 0 Å². The molecule has 3 aliphatic rings. The van der Waals surface area contributed by atoms with Crippen LogP contribution in [0.25, 0.3) is 0 Å². The van der Waals surface area contributed by atoms with E-state index < -0.39 is 20.1 Å². The van der Waals surface area contributed by atoms with Crippen LogP contribution < -0.4 is 9.64 Å². The molecule has 1 saturated heterocycles. The maximum atomic E-state index is 14.5. The van der Waals surface area contributed by atoms with E-state index in [9.17, 15) is 23.6 Å². The molecule has 2 fully saturated rings. The molecule has 13 heteroatoms. The van der Waals surface area contributed by atoms with Crippen LogP contribution in [0.15, 0.2) is 18.2 Å². The number of benzene rings is 1. The highest BCUT2D eigenvalue weighted by Crippen LogP contribution is 2.45. The van der Waals surface area contributed by atoms with Crippen LogP contribution >= 0.6 is 7.82 Å². The lowest BCUT2D eigenvalue weighted by Crippen LogP contribution is -2.47. The molecule has 39 heavy (non-hydrogen) atoms. The molecule has 0 amide bonds. The van der Waals surface area contributed by atoms with Gasteiger partial charge in [0.1, 0.15) is 23.8 Å². The first kappa shape index (κ1) is 28.2. The van der Waals surface area contributed by atoms with Gasteiger partial charge in [0.05, 0.1) is 11.8 Å². The number of rotatable bonds is 9. The molecule has 0 radical (unpaired) electrons. The normalized spacial score (nSPS) is 22.8. The highest BCUT2D eigenvalue weighted by molar-refractivity contribution is 7.46. The van der Waals surface area contributed by atoms with Gasteiger partial charge in [-0.3, -0.25) is 14.0 Å². The Kier molecular flexibility index (Phi) is 8.40. The van der Waals surface area contributed by atoms with Crippen LogP contribution in [0.5, 0.6) is 17.5 Å². The number of piperazine rings is 1. The monoisotopic (exact) mass is 571 g/mol. The van der Waals surface area contributed by atoms with E-state index in [0.717, 1.165) is 50.2 Å². The lowest BCUT2D eigenvalue weighted by atomic mass is 9.91. The smallest absolute Gasteiger partial charge is 0.469 e. The summed E-state index contributed by atoms with van der Waals surface area (Å²) >= 11 is 0. The van der Waals surface area contributed by atoms with Crippen molar-refractivity contribution in [1.82, 2.24) is 9.47 Å². The van der Waals surface area contributed by atoms with Crippen LogP contribution in [0.4, 0.5) is 14.5 Å². The summed E-state index contributed by atoms with van der Waals surface area (Å²) in [7, 11) is -4.90. The van der Waals surface area contributed by atoms with E-state index >= 15 is 0 Å². The summed E-state index contributed by atoms with van der Waals surface area (Å²) in [5.41, 5.74) is 1.27. The Morgan fingerprint density at radius 3 is 2.31 bits per heavy atom. The predicted molar refractivity (Wildman–Crippen MR) is 140 cm³/mol. The zero-order chi connectivity index (χ0) is 27.7. The third kappa shape index (κ3) is 6.52. The van der Waals surface area contributed by atoms with E-state index in [0.29, 0.717) is 26.1 Å². The summed E-state index contributed by atoms with van der Waals surface area (Å²) in [6.45, 7) is 3.90. The maximum absolute atomic E-state index is 14.5. The fourth-order valence-corrected chi connectivity index (χ4v) is 6.52. The predicted octanol–water partition coefficient (Wildman–Crippen LogP) is 3.49. The van der Waals surface area contributed by atoms with Crippen molar-refractivity contribution in [2.45, 2.75) is 69.9 Å². The fraction of sp³-hybridized carbons (Fsp3) is 0.615. The summed E-state index contributed by atoms with van der Waals surface area (Å²) in [5, 5.41) is 21.3. The lowest BCUT2D eigenvalue weighted by Gasteiger charge is -2.37. The molecule has 1 aromatic carbocycles. The first-order valence-corrected chi connectivity index (χ1v) is 15.1. The van der Waals surface area contributed by atoms with Gasteiger partial charge in [-0.15, -0.1) is 0 Å². The Balaban J connectivity index is 1.15. The van der Waals surface area contributed by atoms with Gasteiger partial charge in [0, 0.05) is 62.8 Å². The van der Waals surface area contributed by atoms with Crippen molar-refractivity contribution in [1.29, 1.82) is 0 Å². The first-order valence-electron chi connectivity index (χ1n) is 13.5. The number of anilines is 1. The Hall–Kier alpha value is -2.37. The minimum absolute atomic E-state index is 0.183. The van der Waals surface area contributed by atoms with Crippen molar-refractivity contribution < 1.29 is 42.6 Å². The third-order valence-electron chi connectivity index (χ3n) is 7.98. The van der Waals surface area contributed by atoms with Gasteiger partial charge < -0.3 is 29.6 Å². The zero-order valence-electron chi connectivity index (χ0n) is 21.7. The number of fused-ring (bicyclic) bond motifs is 1. The topological polar surface area (TPSA) is 128 Å². The molecule has 1 aliphatic heterocycles. The Bertz CT molecular complexity index is 1210. The summed E-state index contributed by atoms with van der Waals surface area (Å²) < 4.78 is 51.8. The van der Waals surface area contributed by atoms with Gasteiger partial charge in [-0.25, -0.2) is 13.3 Å². The van der Waals surface area contributed by atoms with Crippen LogP contribution in [0.1, 0.15) is 43.2 Å². The van der Waals surface area contributed by atoms with E-state index in [1.165, 1.54) is 16.7 Å². The molecule has 2 atom stereocenters. The van der Waals surface area contributed by atoms with E-state index in [-0.39, 0.29) is 54.2 Å². The van der Waals surface area contributed by atoms with E-state index in [2.05, 4.69) is 14.3 Å². The van der Waals surface area contributed by atoms with Gasteiger partial charge in [0.15, 0.2) is 11.8 Å². The van der Waals surface area contributed by atoms with Crippen LogP contribution in [0.2, 0.25) is 0 Å². The number of ether oxygens (including phenoxy) is 1. The number of hydrogen-bond donors (Lipinski definition) is 4. The minimum atomic E-state index is -4.90. The van der Waals surface area contributed by atoms with Gasteiger partial charge in [0.25, 0.3) is 0 Å². The SMILES string of the molecule is O=P(O)(O)OC1Cc2c(c(O)n(CCCN3CCN(c4cc(F)ccc4OC4CCCC4)CC3)c2O)CC1F. The maximum Gasteiger partial charge on any atom is 0.469 e. The molecular formula is C26H36F2N3O7P. The zero-order valence-corrected chi connectivity index (χ0v) is 22.6. The van der Waals surface area contributed by atoms with Crippen molar-refractivity contribution in [3.63, 3.8) is 0 Å². The lowest BCUT2D eigenvalue weighted by molar-refractivity contribution is 0.0595. The minimum Gasteiger partial charge on any atom is -0.494 e. The van der Waals surface area contributed by atoms with Crippen molar-refractivity contribution in [3.8, 4) is 17.5 Å². The van der Waals surface area contributed by atoms with Crippen LogP contribution in [0.3, 0.4) is 0 Å². The van der Waals surface area contributed by atoms with Gasteiger partial charge >= 0.3 is 7.82 Å². The molecule has 216 valence electrons. The number of hydrogen-bond acceptors (Lipinski definition) is 7. The molecule has 0 spiro atoms. The Morgan fingerprint density at radius 2 is 1.64 bits per heavy atom. The molecule has 10 nitrogen and oxygen atoms in total. The van der Waals surface area contributed by atoms with Crippen molar-refractivity contribution >= 4 is 13.5 Å². The largest absolute Gasteiger partial charge is 0.494 e. The summed E-state index contributed by atoms with van der Waals surface area (Å²) in [6.07, 6.45) is 1.47. The summed E-state index contributed by atoms with van der Waals surface area (Å²) in [5.74, 6) is -0.0351. The number of halogens is 2. The quantitative estimate of drug-likeness (QED) is 0.335. The number of aromatic hydroxyl groups is 2. The second kappa shape index (κ2) is 11.6. The molecule has 0 bridgehead atoms. The highest BCUT2D eigenvalue weighted by Gasteiger charge is 2.39. The van der Waals surface area contributed by atoms with Gasteiger partial charge in [-0.05, 0) is 50.8 Å². The number of phosphoric ester groups is 1. The molecule has 2 unspecified atom stereocenters. The van der Waals surface area contributed by atoms with Crippen molar-refractivity contribution in [2.24, 2.45) is 0 Å². The third-order valence-corrected chi connectivity index (χ3v) is 8.53. The van der Waals surface area contributed by atoms with Crippen molar-refractivity contribution in [2.75, 3.05) is 37.6 Å².